The van der Waals surface area contributed by atoms with Gasteiger partial charge >= 0.3 is 6.92 Å². The van der Waals surface area contributed by atoms with Gasteiger partial charge in [0.05, 0.1) is 11.0 Å². The summed E-state index contributed by atoms with van der Waals surface area (Å²) in [4.78, 5) is 0. The third kappa shape index (κ3) is 5.90. The lowest BCUT2D eigenvalue weighted by Crippen LogP contribution is -2.74. The molecule has 2 aliphatic heterocycles. The maximum atomic E-state index is 6.98. The standard InChI is InChI=1S/C60H40BNO2Si/c1-4-19-46(20-5-1)65(47-21-6-2-7-22-47,48-23-8-3-9-24-48)49-34-31-41(32-35-49)44-38-53-52-27-12-15-30-57(52)64-61-54-39-43(33-36-58(54)63-59(40-44)60(53)61)42-17-16-18-45(37-42)62-55-28-13-10-25-50(55)51-26-11-14-29-56(51)62/h1-40H. The molecule has 0 atom stereocenters. The van der Waals surface area contributed by atoms with Crippen LogP contribution in [0.3, 0.4) is 0 Å². The summed E-state index contributed by atoms with van der Waals surface area (Å²) in [5.41, 5.74) is 12.3. The van der Waals surface area contributed by atoms with Crippen molar-refractivity contribution in [2.45, 2.75) is 0 Å². The molecule has 3 heterocycles. The molecule has 0 spiro atoms. The molecule has 0 aliphatic carbocycles. The second kappa shape index (κ2) is 15.0. The van der Waals surface area contributed by atoms with Crippen molar-refractivity contribution in [3.63, 3.8) is 0 Å². The minimum absolute atomic E-state index is 0.329. The Morgan fingerprint density at radius 2 is 0.908 bits per heavy atom. The fourth-order valence-electron chi connectivity index (χ4n) is 10.7. The van der Waals surface area contributed by atoms with E-state index in [9.17, 15) is 0 Å². The van der Waals surface area contributed by atoms with E-state index in [2.05, 4.69) is 247 Å². The molecule has 11 aromatic rings. The predicted octanol–water partition coefficient (Wildman–Crippen LogP) is 10.8. The van der Waals surface area contributed by atoms with Gasteiger partial charge in [0, 0.05) is 32.9 Å². The summed E-state index contributed by atoms with van der Waals surface area (Å²) in [6.07, 6.45) is 0. The van der Waals surface area contributed by atoms with E-state index >= 15 is 0 Å². The highest BCUT2D eigenvalue weighted by Gasteiger charge is 2.43. The number of aromatic nitrogens is 1. The van der Waals surface area contributed by atoms with Gasteiger partial charge in [-0.05, 0) is 97.1 Å². The second-order valence-electron chi connectivity index (χ2n) is 17.1. The van der Waals surface area contributed by atoms with Crippen LogP contribution >= 0.6 is 0 Å². The number of rotatable bonds is 7. The SMILES string of the molecule is c1ccc([Si](c2ccccc2)(c2ccccc2)c2ccc(-c3cc4c5c(c3)-c3ccccc3OB5c3cc(-c5cccc(-n6c7ccccc7c7ccccc76)c5)ccc3O4)cc2)cc1. The number of benzene rings is 10. The summed E-state index contributed by atoms with van der Waals surface area (Å²) in [7, 11) is -2.66. The third-order valence-electron chi connectivity index (χ3n) is 13.6. The van der Waals surface area contributed by atoms with Gasteiger partial charge in [0.15, 0.2) is 8.07 Å². The number of ether oxygens (including phenoxy) is 1. The van der Waals surface area contributed by atoms with Gasteiger partial charge in [0.25, 0.3) is 0 Å². The first-order valence-electron chi connectivity index (χ1n) is 22.3. The average Bonchev–Trinajstić information content (AvgIpc) is 3.72. The quantitative estimate of drug-likeness (QED) is 0.118. The first-order valence-corrected chi connectivity index (χ1v) is 24.3. The number of fused-ring (bicyclic) bond motifs is 7. The number of nitrogens with zero attached hydrogens (tertiary/aromatic N) is 1. The lowest BCUT2D eigenvalue weighted by Gasteiger charge is -2.34. The molecule has 10 aromatic carbocycles. The van der Waals surface area contributed by atoms with E-state index in [0.29, 0.717) is 0 Å². The average molecular weight is 846 g/mol. The van der Waals surface area contributed by atoms with Crippen LogP contribution in [0.1, 0.15) is 0 Å². The Morgan fingerprint density at radius 3 is 1.57 bits per heavy atom. The summed E-state index contributed by atoms with van der Waals surface area (Å²) in [6, 6.07) is 88.3. The van der Waals surface area contributed by atoms with Crippen LogP contribution in [0.25, 0.3) is 60.9 Å². The normalized spacial score (nSPS) is 12.5. The van der Waals surface area contributed by atoms with Crippen molar-refractivity contribution in [1.82, 2.24) is 4.57 Å². The molecule has 3 nitrogen and oxygen atoms in total. The lowest BCUT2D eigenvalue weighted by molar-refractivity contribution is 0.479. The molecule has 0 unspecified atom stereocenters. The molecule has 1 aromatic heterocycles. The molecule has 304 valence electrons. The van der Waals surface area contributed by atoms with Gasteiger partial charge in [0.1, 0.15) is 17.2 Å². The van der Waals surface area contributed by atoms with E-state index in [0.717, 1.165) is 67.2 Å². The third-order valence-corrected chi connectivity index (χ3v) is 18.4. The second-order valence-corrected chi connectivity index (χ2v) is 20.9. The number of para-hydroxylation sites is 3. The van der Waals surface area contributed by atoms with Gasteiger partial charge in [-0.3, -0.25) is 0 Å². The topological polar surface area (TPSA) is 23.4 Å². The fraction of sp³-hybridized carbons (Fsp3) is 0. The Labute approximate surface area is 379 Å². The van der Waals surface area contributed by atoms with Crippen LogP contribution in [0, 0.1) is 0 Å². The van der Waals surface area contributed by atoms with Gasteiger partial charge < -0.3 is 14.0 Å². The zero-order valence-electron chi connectivity index (χ0n) is 35.4. The van der Waals surface area contributed by atoms with E-state index in [-0.39, 0.29) is 6.92 Å². The highest BCUT2D eigenvalue weighted by Crippen LogP contribution is 2.42. The van der Waals surface area contributed by atoms with E-state index in [4.69, 9.17) is 9.39 Å². The van der Waals surface area contributed by atoms with E-state index in [1.807, 2.05) is 0 Å². The smallest absolute Gasteiger partial charge is 0.434 e. The minimum Gasteiger partial charge on any atom is -0.551 e. The molecule has 0 saturated heterocycles. The summed E-state index contributed by atoms with van der Waals surface area (Å²) in [6.45, 7) is -0.329. The molecule has 2 aliphatic rings. The van der Waals surface area contributed by atoms with Crippen molar-refractivity contribution in [1.29, 1.82) is 0 Å². The van der Waals surface area contributed by atoms with Crippen molar-refractivity contribution < 1.29 is 9.39 Å². The summed E-state index contributed by atoms with van der Waals surface area (Å²) >= 11 is 0. The van der Waals surface area contributed by atoms with Crippen molar-refractivity contribution in [2.24, 2.45) is 0 Å². The Bertz CT molecular complexity index is 3460. The van der Waals surface area contributed by atoms with Crippen LogP contribution in [0.2, 0.25) is 0 Å². The predicted molar refractivity (Wildman–Crippen MR) is 273 cm³/mol. The molecule has 0 saturated carbocycles. The van der Waals surface area contributed by atoms with Gasteiger partial charge in [-0.25, -0.2) is 0 Å². The molecule has 0 radical (unpaired) electrons. The van der Waals surface area contributed by atoms with Gasteiger partial charge in [-0.2, -0.15) is 0 Å². The Morgan fingerprint density at radius 1 is 0.354 bits per heavy atom. The van der Waals surface area contributed by atoms with Crippen molar-refractivity contribution in [2.75, 3.05) is 0 Å². The Balaban J connectivity index is 0.909. The van der Waals surface area contributed by atoms with Crippen LogP contribution < -0.4 is 41.1 Å². The molecule has 0 bridgehead atoms. The van der Waals surface area contributed by atoms with E-state index < -0.39 is 8.07 Å². The van der Waals surface area contributed by atoms with Gasteiger partial charge in [0.2, 0.25) is 0 Å². The highest BCUT2D eigenvalue weighted by atomic mass is 28.3. The van der Waals surface area contributed by atoms with Crippen molar-refractivity contribution in [3.8, 4) is 56.3 Å². The Hall–Kier alpha value is -8.12. The molecule has 5 heteroatoms. The molecular weight excluding hydrogens is 806 g/mol. The highest BCUT2D eigenvalue weighted by molar-refractivity contribution is 7.19. The zero-order valence-corrected chi connectivity index (χ0v) is 36.4. The van der Waals surface area contributed by atoms with Crippen LogP contribution in [0.15, 0.2) is 243 Å². The minimum atomic E-state index is -2.66. The monoisotopic (exact) mass is 845 g/mol. The molecule has 0 amide bonds. The molecule has 65 heavy (non-hydrogen) atoms. The zero-order chi connectivity index (χ0) is 42.9. The summed E-state index contributed by atoms with van der Waals surface area (Å²) in [5, 5.41) is 7.92. The first kappa shape index (κ1) is 37.4. The largest absolute Gasteiger partial charge is 0.551 e. The van der Waals surface area contributed by atoms with Crippen molar-refractivity contribution in [3.05, 3.63) is 243 Å². The van der Waals surface area contributed by atoms with E-state index in [1.54, 1.807) is 0 Å². The van der Waals surface area contributed by atoms with Crippen LogP contribution in [0.4, 0.5) is 0 Å². The van der Waals surface area contributed by atoms with Gasteiger partial charge in [-0.15, -0.1) is 0 Å². The first-order chi connectivity index (χ1) is 32.2. The molecule has 0 N–H and O–H groups in total. The maximum Gasteiger partial charge on any atom is 0.434 e. The summed E-state index contributed by atoms with van der Waals surface area (Å²) < 4.78 is 16.3. The summed E-state index contributed by atoms with van der Waals surface area (Å²) in [5.74, 6) is 2.52. The fourth-order valence-corrected chi connectivity index (χ4v) is 15.5. The molecular formula is C60H40BNO2Si. The maximum absolute atomic E-state index is 6.98. The van der Waals surface area contributed by atoms with Crippen LogP contribution in [0.5, 0.6) is 17.2 Å². The lowest BCUT2D eigenvalue weighted by atomic mass is 9.50. The van der Waals surface area contributed by atoms with Crippen LogP contribution in [-0.4, -0.2) is 19.6 Å². The van der Waals surface area contributed by atoms with Crippen molar-refractivity contribution >= 4 is 68.5 Å². The molecule has 0 fully saturated rings. The number of hydrogen-bond acceptors (Lipinski definition) is 2. The number of hydrogen-bond donors (Lipinski definition) is 0. The Kier molecular flexibility index (Phi) is 8.65. The molecule has 13 rings (SSSR count). The van der Waals surface area contributed by atoms with Crippen LogP contribution in [-0.2, 0) is 0 Å². The van der Waals surface area contributed by atoms with E-state index in [1.165, 1.54) is 42.6 Å². The van der Waals surface area contributed by atoms with Gasteiger partial charge in [-0.1, -0.05) is 194 Å².